The highest BCUT2D eigenvalue weighted by Gasteiger charge is 2.48. The van der Waals surface area contributed by atoms with Crippen LogP contribution >= 0.6 is 0 Å². The lowest BCUT2D eigenvalue weighted by Gasteiger charge is -2.27. The van der Waals surface area contributed by atoms with Gasteiger partial charge in [0.05, 0.1) is 0 Å². The minimum atomic E-state index is -5.45. The van der Waals surface area contributed by atoms with Gasteiger partial charge in [0.25, 0.3) is 9.84 Å². The van der Waals surface area contributed by atoms with Crippen molar-refractivity contribution in [3.8, 4) is 5.75 Å². The minimum Gasteiger partial charge on any atom is -0.490 e. The van der Waals surface area contributed by atoms with Crippen molar-refractivity contribution in [1.29, 1.82) is 0 Å². The Kier molecular flexibility index (Phi) is 5.27. The molecule has 0 aliphatic heterocycles. The number of ether oxygens (including phenoxy) is 1. The Bertz CT molecular complexity index is 581. The van der Waals surface area contributed by atoms with E-state index in [2.05, 4.69) is 0 Å². The summed E-state index contributed by atoms with van der Waals surface area (Å²) in [6.07, 6.45) is 1.11. The summed E-state index contributed by atoms with van der Waals surface area (Å²) < 4.78 is 66.2. The first kappa shape index (κ1) is 17.8. The van der Waals surface area contributed by atoms with Gasteiger partial charge < -0.3 is 10.5 Å². The molecule has 1 aromatic carbocycles. The molecule has 21 heavy (non-hydrogen) atoms. The van der Waals surface area contributed by atoms with E-state index in [9.17, 15) is 21.6 Å². The highest BCUT2D eigenvalue weighted by molar-refractivity contribution is 7.92. The number of nitrogens with two attached hydrogens (primary N) is 1. The SMILES string of the molecule is CCC(N)(CC)COc1ccccc1S(=O)(=O)C(F)(F)F. The molecule has 0 amide bonds. The third-order valence-electron chi connectivity index (χ3n) is 3.37. The summed E-state index contributed by atoms with van der Waals surface area (Å²) in [6, 6.07) is 4.67. The van der Waals surface area contributed by atoms with Gasteiger partial charge in [-0.05, 0) is 25.0 Å². The van der Waals surface area contributed by atoms with Gasteiger partial charge in [-0.1, -0.05) is 26.0 Å². The number of hydrogen-bond acceptors (Lipinski definition) is 4. The average molecular weight is 325 g/mol. The summed E-state index contributed by atoms with van der Waals surface area (Å²) in [4.78, 5) is -0.896. The second kappa shape index (κ2) is 6.23. The maximum Gasteiger partial charge on any atom is 0.502 e. The van der Waals surface area contributed by atoms with E-state index in [4.69, 9.17) is 10.5 Å². The van der Waals surface area contributed by atoms with Crippen molar-refractivity contribution in [3.05, 3.63) is 24.3 Å². The summed E-state index contributed by atoms with van der Waals surface area (Å²) in [5, 5.41) is 0. The fourth-order valence-corrected chi connectivity index (χ4v) is 2.49. The van der Waals surface area contributed by atoms with Crippen LogP contribution in [0.3, 0.4) is 0 Å². The van der Waals surface area contributed by atoms with Crippen LogP contribution in [0.15, 0.2) is 29.2 Å². The predicted molar refractivity (Wildman–Crippen MR) is 72.7 cm³/mol. The Morgan fingerprint density at radius 1 is 1.14 bits per heavy atom. The van der Waals surface area contributed by atoms with E-state index in [1.807, 2.05) is 13.8 Å². The first-order chi connectivity index (χ1) is 9.57. The van der Waals surface area contributed by atoms with E-state index < -0.39 is 25.8 Å². The molecule has 0 saturated carbocycles. The number of benzene rings is 1. The maximum absolute atomic E-state index is 12.6. The summed E-state index contributed by atoms with van der Waals surface area (Å²) in [7, 11) is -5.45. The standard InChI is InChI=1S/C13H18F3NO3S/c1-3-12(17,4-2)9-20-10-7-5-6-8-11(10)21(18,19)13(14,15)16/h5-8H,3-4,9,17H2,1-2H3. The van der Waals surface area contributed by atoms with Gasteiger partial charge in [-0.2, -0.15) is 13.2 Å². The summed E-state index contributed by atoms with van der Waals surface area (Å²) in [5.41, 5.74) is -0.0938. The molecule has 1 aromatic rings. The summed E-state index contributed by atoms with van der Waals surface area (Å²) in [6.45, 7) is 3.58. The zero-order chi connectivity index (χ0) is 16.3. The van der Waals surface area contributed by atoms with Crippen LogP contribution in [0.4, 0.5) is 13.2 Å². The fraction of sp³-hybridized carbons (Fsp3) is 0.538. The third kappa shape index (κ3) is 3.88. The van der Waals surface area contributed by atoms with Gasteiger partial charge in [0, 0.05) is 5.54 Å². The smallest absolute Gasteiger partial charge is 0.490 e. The Morgan fingerprint density at radius 3 is 2.14 bits per heavy atom. The van der Waals surface area contributed by atoms with Crippen LogP contribution in [-0.4, -0.2) is 26.1 Å². The second-order valence-electron chi connectivity index (χ2n) is 4.75. The van der Waals surface area contributed by atoms with Gasteiger partial charge in [-0.15, -0.1) is 0 Å². The number of halogens is 3. The van der Waals surface area contributed by atoms with Crippen molar-refractivity contribution in [2.75, 3.05) is 6.61 Å². The molecule has 0 saturated heterocycles. The highest BCUT2D eigenvalue weighted by Crippen LogP contribution is 2.35. The molecular weight excluding hydrogens is 307 g/mol. The van der Waals surface area contributed by atoms with Gasteiger partial charge in [0.2, 0.25) is 0 Å². The predicted octanol–water partition coefficient (Wildman–Crippen LogP) is 2.88. The zero-order valence-electron chi connectivity index (χ0n) is 11.8. The molecule has 1 rings (SSSR count). The van der Waals surface area contributed by atoms with Crippen molar-refractivity contribution >= 4 is 9.84 Å². The van der Waals surface area contributed by atoms with Crippen molar-refractivity contribution < 1.29 is 26.3 Å². The quantitative estimate of drug-likeness (QED) is 0.873. The molecular formula is C13H18F3NO3S. The van der Waals surface area contributed by atoms with Crippen LogP contribution in [0, 0.1) is 0 Å². The summed E-state index contributed by atoms with van der Waals surface area (Å²) >= 11 is 0. The monoisotopic (exact) mass is 325 g/mol. The first-order valence-electron chi connectivity index (χ1n) is 6.39. The number of alkyl halides is 3. The van der Waals surface area contributed by atoms with Crippen LogP contribution in [0.25, 0.3) is 0 Å². The largest absolute Gasteiger partial charge is 0.502 e. The molecule has 0 heterocycles. The molecule has 120 valence electrons. The minimum absolute atomic E-state index is 0.0651. The van der Waals surface area contributed by atoms with Gasteiger partial charge in [0.15, 0.2) is 0 Å². The van der Waals surface area contributed by atoms with Crippen molar-refractivity contribution in [3.63, 3.8) is 0 Å². The second-order valence-corrected chi connectivity index (χ2v) is 6.66. The van der Waals surface area contributed by atoms with E-state index >= 15 is 0 Å². The Labute approximate surface area is 122 Å². The zero-order valence-corrected chi connectivity index (χ0v) is 12.6. The van der Waals surface area contributed by atoms with Gasteiger partial charge >= 0.3 is 5.51 Å². The third-order valence-corrected chi connectivity index (χ3v) is 4.89. The lowest BCUT2D eigenvalue weighted by Crippen LogP contribution is -2.44. The number of para-hydroxylation sites is 1. The fourth-order valence-electron chi connectivity index (χ4n) is 1.59. The number of hydrogen-bond donors (Lipinski definition) is 1. The van der Waals surface area contributed by atoms with E-state index in [0.717, 1.165) is 6.07 Å². The van der Waals surface area contributed by atoms with Crippen molar-refractivity contribution in [1.82, 2.24) is 0 Å². The first-order valence-corrected chi connectivity index (χ1v) is 7.88. The van der Waals surface area contributed by atoms with Crippen LogP contribution in [0.1, 0.15) is 26.7 Å². The highest BCUT2D eigenvalue weighted by atomic mass is 32.2. The molecule has 0 spiro atoms. The van der Waals surface area contributed by atoms with Crippen molar-refractivity contribution in [2.45, 2.75) is 42.6 Å². The van der Waals surface area contributed by atoms with Crippen molar-refractivity contribution in [2.24, 2.45) is 5.73 Å². The van der Waals surface area contributed by atoms with Crippen LogP contribution < -0.4 is 10.5 Å². The molecule has 0 bridgehead atoms. The van der Waals surface area contributed by atoms with E-state index in [-0.39, 0.29) is 12.4 Å². The van der Waals surface area contributed by atoms with E-state index in [0.29, 0.717) is 12.8 Å². The normalized spacial score (nSPS) is 13.2. The molecule has 0 aromatic heterocycles. The number of sulfone groups is 1. The molecule has 4 nitrogen and oxygen atoms in total. The Morgan fingerprint density at radius 2 is 1.67 bits per heavy atom. The van der Waals surface area contributed by atoms with Gasteiger partial charge in [-0.25, -0.2) is 8.42 Å². The molecule has 2 N–H and O–H groups in total. The molecule has 0 fully saturated rings. The van der Waals surface area contributed by atoms with Crippen LogP contribution in [0.2, 0.25) is 0 Å². The number of rotatable bonds is 6. The molecule has 0 aliphatic rings. The molecule has 0 radical (unpaired) electrons. The van der Waals surface area contributed by atoms with Gasteiger partial charge in [-0.3, -0.25) is 0 Å². The molecule has 8 heteroatoms. The van der Waals surface area contributed by atoms with Gasteiger partial charge in [0.1, 0.15) is 17.3 Å². The maximum atomic E-state index is 12.6. The topological polar surface area (TPSA) is 69.4 Å². The van der Waals surface area contributed by atoms with E-state index in [1.54, 1.807) is 0 Å². The van der Waals surface area contributed by atoms with Crippen LogP contribution in [0.5, 0.6) is 5.75 Å². The summed E-state index contributed by atoms with van der Waals surface area (Å²) in [5.74, 6) is -0.341. The Balaban J connectivity index is 3.13. The molecule has 0 atom stereocenters. The molecule has 0 aliphatic carbocycles. The molecule has 0 unspecified atom stereocenters. The van der Waals surface area contributed by atoms with E-state index in [1.165, 1.54) is 18.2 Å². The lowest BCUT2D eigenvalue weighted by atomic mass is 9.96. The lowest BCUT2D eigenvalue weighted by molar-refractivity contribution is -0.0437. The van der Waals surface area contributed by atoms with Crippen LogP contribution in [-0.2, 0) is 9.84 Å². The Hall–Kier alpha value is -1.28. The average Bonchev–Trinajstić information content (AvgIpc) is 2.44.